The zero-order valence-electron chi connectivity index (χ0n) is 13.2. The lowest BCUT2D eigenvalue weighted by Gasteiger charge is -2.24. The van der Waals surface area contributed by atoms with Gasteiger partial charge in [-0.05, 0) is 39.3 Å². The number of nitrogens with one attached hydrogen (secondary N) is 1. The number of carbonyl (C=O) groups excluding carboxylic acids is 2. The highest BCUT2D eigenvalue weighted by molar-refractivity contribution is 5.85. The van der Waals surface area contributed by atoms with Crippen LogP contribution in [0.4, 0.5) is 4.79 Å². The first-order chi connectivity index (χ1) is 9.69. The lowest BCUT2D eigenvalue weighted by Crippen LogP contribution is -2.46. The first-order valence-electron chi connectivity index (χ1n) is 6.82. The SMILES string of the molecule is CC(NC(=O)OC(C)(C)C)C(=O)N(C)Cc1cccnc1. The van der Waals surface area contributed by atoms with Gasteiger partial charge in [0.05, 0.1) is 0 Å². The zero-order chi connectivity index (χ0) is 16.0. The van der Waals surface area contributed by atoms with Crippen molar-refractivity contribution in [2.75, 3.05) is 7.05 Å². The van der Waals surface area contributed by atoms with Gasteiger partial charge in [-0.3, -0.25) is 9.78 Å². The van der Waals surface area contributed by atoms with Crippen LogP contribution in [-0.2, 0) is 16.1 Å². The molecule has 0 bridgehead atoms. The predicted molar refractivity (Wildman–Crippen MR) is 79.5 cm³/mol. The van der Waals surface area contributed by atoms with Crippen molar-refractivity contribution in [2.45, 2.75) is 45.9 Å². The third kappa shape index (κ3) is 6.25. The molecule has 2 amide bonds. The van der Waals surface area contributed by atoms with Crippen LogP contribution in [0.2, 0.25) is 0 Å². The molecule has 6 nitrogen and oxygen atoms in total. The summed E-state index contributed by atoms with van der Waals surface area (Å²) < 4.78 is 5.13. The molecule has 6 heteroatoms. The van der Waals surface area contributed by atoms with Gasteiger partial charge in [-0.2, -0.15) is 0 Å². The van der Waals surface area contributed by atoms with Crippen molar-refractivity contribution in [3.8, 4) is 0 Å². The van der Waals surface area contributed by atoms with Crippen LogP contribution in [0.5, 0.6) is 0 Å². The van der Waals surface area contributed by atoms with Crippen LogP contribution in [0.25, 0.3) is 0 Å². The van der Waals surface area contributed by atoms with Crippen LogP contribution >= 0.6 is 0 Å². The standard InChI is InChI=1S/C15H23N3O3/c1-11(17-14(20)21-15(2,3)4)13(19)18(5)10-12-7-6-8-16-9-12/h6-9,11H,10H2,1-5H3,(H,17,20). The summed E-state index contributed by atoms with van der Waals surface area (Å²) in [5.74, 6) is -0.190. The Morgan fingerprint density at radius 3 is 2.62 bits per heavy atom. The largest absolute Gasteiger partial charge is 0.444 e. The average Bonchev–Trinajstić information content (AvgIpc) is 2.36. The summed E-state index contributed by atoms with van der Waals surface area (Å²) in [6.07, 6.45) is 2.78. The molecule has 1 heterocycles. The minimum Gasteiger partial charge on any atom is -0.444 e. The lowest BCUT2D eigenvalue weighted by atomic mass is 10.2. The maximum Gasteiger partial charge on any atom is 0.408 e. The number of nitrogens with zero attached hydrogens (tertiary/aromatic N) is 2. The molecule has 1 N–H and O–H groups in total. The summed E-state index contributed by atoms with van der Waals surface area (Å²) >= 11 is 0. The van der Waals surface area contributed by atoms with Crippen LogP contribution in [0.1, 0.15) is 33.3 Å². The molecule has 21 heavy (non-hydrogen) atoms. The number of likely N-dealkylation sites (N-methyl/N-ethyl adjacent to an activating group) is 1. The maximum absolute atomic E-state index is 12.2. The van der Waals surface area contributed by atoms with Gasteiger partial charge in [0.25, 0.3) is 0 Å². The number of amides is 2. The molecule has 0 radical (unpaired) electrons. The average molecular weight is 293 g/mol. The van der Waals surface area contributed by atoms with Gasteiger partial charge in [0.2, 0.25) is 5.91 Å². The molecule has 0 fully saturated rings. The first kappa shape index (κ1) is 16.9. The van der Waals surface area contributed by atoms with Crippen molar-refractivity contribution >= 4 is 12.0 Å². The number of rotatable bonds is 4. The molecule has 0 saturated heterocycles. The molecule has 1 rings (SSSR count). The molecule has 0 aliphatic carbocycles. The van der Waals surface area contributed by atoms with E-state index >= 15 is 0 Å². The van der Waals surface area contributed by atoms with E-state index in [1.165, 1.54) is 0 Å². The molecule has 116 valence electrons. The topological polar surface area (TPSA) is 71.5 Å². The van der Waals surface area contributed by atoms with Gasteiger partial charge in [-0.15, -0.1) is 0 Å². The van der Waals surface area contributed by atoms with Gasteiger partial charge < -0.3 is 15.0 Å². The Morgan fingerprint density at radius 1 is 1.43 bits per heavy atom. The molecule has 1 atom stereocenters. The number of pyridine rings is 1. The molecular weight excluding hydrogens is 270 g/mol. The van der Waals surface area contributed by atoms with Gasteiger partial charge in [0.1, 0.15) is 11.6 Å². The van der Waals surface area contributed by atoms with E-state index in [1.807, 2.05) is 12.1 Å². The Labute approximate surface area is 125 Å². The molecule has 0 saturated carbocycles. The van der Waals surface area contributed by atoms with E-state index in [0.717, 1.165) is 5.56 Å². The second-order valence-corrected chi connectivity index (χ2v) is 5.92. The maximum atomic E-state index is 12.2. The lowest BCUT2D eigenvalue weighted by molar-refractivity contribution is -0.132. The third-order valence-corrected chi connectivity index (χ3v) is 2.62. The number of alkyl carbamates (subject to hydrolysis) is 1. The Balaban J connectivity index is 2.52. The van der Waals surface area contributed by atoms with E-state index in [0.29, 0.717) is 6.54 Å². The summed E-state index contributed by atoms with van der Waals surface area (Å²) in [6.45, 7) is 7.38. The van der Waals surface area contributed by atoms with E-state index in [9.17, 15) is 9.59 Å². The number of hydrogen-bond donors (Lipinski definition) is 1. The van der Waals surface area contributed by atoms with Gasteiger partial charge in [-0.25, -0.2) is 4.79 Å². The van der Waals surface area contributed by atoms with E-state index in [1.54, 1.807) is 52.0 Å². The highest BCUT2D eigenvalue weighted by Gasteiger charge is 2.23. The summed E-state index contributed by atoms with van der Waals surface area (Å²) in [4.78, 5) is 29.4. The highest BCUT2D eigenvalue weighted by Crippen LogP contribution is 2.07. The van der Waals surface area contributed by atoms with Crippen LogP contribution in [0.3, 0.4) is 0 Å². The second kappa shape index (κ2) is 7.06. The predicted octanol–water partition coefficient (Wildman–Crippen LogP) is 1.95. The molecule has 1 aromatic rings. The minimum atomic E-state index is -0.651. The quantitative estimate of drug-likeness (QED) is 0.921. The summed E-state index contributed by atoms with van der Waals surface area (Å²) in [5.41, 5.74) is 0.340. The van der Waals surface area contributed by atoms with Crippen LogP contribution < -0.4 is 5.32 Å². The number of ether oxygens (including phenoxy) is 1. The fourth-order valence-electron chi connectivity index (χ4n) is 1.72. The fourth-order valence-corrected chi connectivity index (χ4v) is 1.72. The highest BCUT2D eigenvalue weighted by atomic mass is 16.6. The molecule has 0 aromatic carbocycles. The number of carbonyl (C=O) groups is 2. The van der Waals surface area contributed by atoms with E-state index in [-0.39, 0.29) is 5.91 Å². The normalized spacial score (nSPS) is 12.4. The molecular formula is C15H23N3O3. The first-order valence-corrected chi connectivity index (χ1v) is 6.82. The van der Waals surface area contributed by atoms with Gasteiger partial charge in [0.15, 0.2) is 0 Å². The summed E-state index contributed by atoms with van der Waals surface area (Å²) in [5, 5.41) is 2.53. The van der Waals surface area contributed by atoms with E-state index in [4.69, 9.17) is 4.74 Å². The van der Waals surface area contributed by atoms with E-state index < -0.39 is 17.7 Å². The Kier molecular flexibility index (Phi) is 5.69. The van der Waals surface area contributed by atoms with E-state index in [2.05, 4.69) is 10.3 Å². The van der Waals surface area contributed by atoms with Crippen molar-refractivity contribution in [1.82, 2.24) is 15.2 Å². The van der Waals surface area contributed by atoms with Crippen molar-refractivity contribution < 1.29 is 14.3 Å². The Morgan fingerprint density at radius 2 is 2.10 bits per heavy atom. The summed E-state index contributed by atoms with van der Waals surface area (Å²) in [6, 6.07) is 3.06. The summed E-state index contributed by atoms with van der Waals surface area (Å²) in [7, 11) is 1.68. The minimum absolute atomic E-state index is 0.190. The third-order valence-electron chi connectivity index (χ3n) is 2.62. The van der Waals surface area contributed by atoms with Crippen molar-refractivity contribution in [2.24, 2.45) is 0 Å². The monoisotopic (exact) mass is 293 g/mol. The van der Waals surface area contributed by atoms with Gasteiger partial charge >= 0.3 is 6.09 Å². The Bertz CT molecular complexity index is 483. The van der Waals surface area contributed by atoms with Crippen LogP contribution in [-0.4, -0.2) is 40.6 Å². The molecule has 0 aliphatic heterocycles. The van der Waals surface area contributed by atoms with Crippen molar-refractivity contribution in [3.63, 3.8) is 0 Å². The smallest absolute Gasteiger partial charge is 0.408 e. The molecule has 0 spiro atoms. The second-order valence-electron chi connectivity index (χ2n) is 5.92. The van der Waals surface area contributed by atoms with Crippen molar-refractivity contribution in [1.29, 1.82) is 0 Å². The van der Waals surface area contributed by atoms with Gasteiger partial charge in [0, 0.05) is 26.0 Å². The van der Waals surface area contributed by atoms with Crippen LogP contribution in [0, 0.1) is 0 Å². The molecule has 0 aliphatic rings. The van der Waals surface area contributed by atoms with Gasteiger partial charge in [-0.1, -0.05) is 6.07 Å². The van der Waals surface area contributed by atoms with Crippen LogP contribution in [0.15, 0.2) is 24.5 Å². The zero-order valence-corrected chi connectivity index (χ0v) is 13.2. The Hall–Kier alpha value is -2.11. The number of aromatic nitrogens is 1. The van der Waals surface area contributed by atoms with Crippen molar-refractivity contribution in [3.05, 3.63) is 30.1 Å². The molecule has 1 aromatic heterocycles. The molecule has 1 unspecified atom stereocenters. The fraction of sp³-hybridized carbons (Fsp3) is 0.533. The number of hydrogen-bond acceptors (Lipinski definition) is 4.